The summed E-state index contributed by atoms with van der Waals surface area (Å²) in [6, 6.07) is 4.01. The van der Waals surface area contributed by atoms with Gasteiger partial charge in [0.1, 0.15) is 11.6 Å². The molecule has 0 aliphatic rings. The lowest BCUT2D eigenvalue weighted by Gasteiger charge is -2.27. The van der Waals surface area contributed by atoms with E-state index < -0.39 is 5.60 Å². The lowest BCUT2D eigenvalue weighted by Crippen LogP contribution is -2.42. The van der Waals surface area contributed by atoms with Crippen LogP contribution in [0, 0.1) is 5.92 Å². The first kappa shape index (κ1) is 16.2. The van der Waals surface area contributed by atoms with Crippen molar-refractivity contribution in [2.75, 3.05) is 0 Å². The standard InChI is InChI=1S/C15H25NO2S/c1-10(2)13(12-8-7-9-19-12)16-11(3)14(17)18-15(4,5)6/h7-11,13,16H,1-6H3. The largest absolute Gasteiger partial charge is 0.459 e. The van der Waals surface area contributed by atoms with Gasteiger partial charge in [0.05, 0.1) is 0 Å². The van der Waals surface area contributed by atoms with Gasteiger partial charge < -0.3 is 4.74 Å². The highest BCUT2D eigenvalue weighted by molar-refractivity contribution is 7.10. The van der Waals surface area contributed by atoms with E-state index in [1.807, 2.05) is 33.8 Å². The van der Waals surface area contributed by atoms with Gasteiger partial charge in [-0.1, -0.05) is 19.9 Å². The van der Waals surface area contributed by atoms with Crippen molar-refractivity contribution in [3.05, 3.63) is 22.4 Å². The van der Waals surface area contributed by atoms with Gasteiger partial charge in [0.15, 0.2) is 0 Å². The molecule has 2 unspecified atom stereocenters. The van der Waals surface area contributed by atoms with Crippen LogP contribution in [-0.4, -0.2) is 17.6 Å². The summed E-state index contributed by atoms with van der Waals surface area (Å²) in [7, 11) is 0. The lowest BCUT2D eigenvalue weighted by molar-refractivity contribution is -0.157. The fourth-order valence-corrected chi connectivity index (χ4v) is 2.76. The van der Waals surface area contributed by atoms with Crippen molar-refractivity contribution in [2.24, 2.45) is 5.92 Å². The second-order valence-corrected chi connectivity index (χ2v) is 7.14. The second kappa shape index (κ2) is 6.53. The molecule has 0 saturated heterocycles. The molecule has 1 aromatic heterocycles. The Bertz CT molecular complexity index is 393. The Kier molecular flexibility index (Phi) is 5.56. The predicted octanol–water partition coefficient (Wildman–Crippen LogP) is 3.77. The van der Waals surface area contributed by atoms with E-state index >= 15 is 0 Å². The van der Waals surface area contributed by atoms with Crippen molar-refractivity contribution in [1.29, 1.82) is 0 Å². The molecule has 1 rings (SSSR count). The number of thiophene rings is 1. The number of ether oxygens (including phenoxy) is 1. The SMILES string of the molecule is CC(NC(c1cccs1)C(C)C)C(=O)OC(C)(C)C. The van der Waals surface area contributed by atoms with Gasteiger partial charge in [-0.2, -0.15) is 0 Å². The summed E-state index contributed by atoms with van der Waals surface area (Å²) in [5.74, 6) is 0.221. The minimum atomic E-state index is -0.441. The molecule has 0 radical (unpaired) electrons. The van der Waals surface area contributed by atoms with Gasteiger partial charge in [0.25, 0.3) is 0 Å². The fourth-order valence-electron chi connectivity index (χ4n) is 1.80. The molecule has 0 amide bonds. The molecular formula is C15H25NO2S. The number of carbonyl (C=O) groups is 1. The van der Waals surface area contributed by atoms with Gasteiger partial charge in [-0.05, 0) is 45.1 Å². The molecule has 0 aliphatic heterocycles. The van der Waals surface area contributed by atoms with Gasteiger partial charge in [-0.25, -0.2) is 0 Å². The van der Waals surface area contributed by atoms with Gasteiger partial charge >= 0.3 is 5.97 Å². The summed E-state index contributed by atoms with van der Waals surface area (Å²) in [5, 5.41) is 5.44. The molecule has 0 saturated carbocycles. The van der Waals surface area contributed by atoms with Crippen molar-refractivity contribution < 1.29 is 9.53 Å². The van der Waals surface area contributed by atoms with Gasteiger partial charge in [0.2, 0.25) is 0 Å². The smallest absolute Gasteiger partial charge is 0.323 e. The van der Waals surface area contributed by atoms with Crippen molar-refractivity contribution >= 4 is 17.3 Å². The summed E-state index contributed by atoms with van der Waals surface area (Å²) in [4.78, 5) is 13.3. The molecule has 3 nitrogen and oxygen atoms in total. The highest BCUT2D eigenvalue weighted by Gasteiger charge is 2.26. The van der Waals surface area contributed by atoms with Crippen LogP contribution in [0.2, 0.25) is 0 Å². The summed E-state index contributed by atoms with van der Waals surface area (Å²) in [5.41, 5.74) is -0.441. The summed E-state index contributed by atoms with van der Waals surface area (Å²) in [6.07, 6.45) is 0. The van der Waals surface area contributed by atoms with Crippen LogP contribution in [-0.2, 0) is 9.53 Å². The van der Waals surface area contributed by atoms with E-state index in [1.165, 1.54) is 4.88 Å². The van der Waals surface area contributed by atoms with Crippen LogP contribution in [0.4, 0.5) is 0 Å². The van der Waals surface area contributed by atoms with Crippen LogP contribution in [0.25, 0.3) is 0 Å². The van der Waals surface area contributed by atoms with E-state index in [4.69, 9.17) is 4.74 Å². The molecule has 2 atom stereocenters. The van der Waals surface area contributed by atoms with E-state index in [2.05, 4.69) is 30.6 Å². The minimum Gasteiger partial charge on any atom is -0.459 e. The van der Waals surface area contributed by atoms with Crippen LogP contribution >= 0.6 is 11.3 Å². The average molecular weight is 283 g/mol. The van der Waals surface area contributed by atoms with Crippen molar-refractivity contribution in [1.82, 2.24) is 5.32 Å². The number of carbonyl (C=O) groups excluding carboxylic acids is 1. The number of hydrogen-bond donors (Lipinski definition) is 1. The number of nitrogens with one attached hydrogen (secondary N) is 1. The predicted molar refractivity (Wildman–Crippen MR) is 80.3 cm³/mol. The number of esters is 1. The Labute approximate surface area is 120 Å². The molecule has 0 bridgehead atoms. The number of hydrogen-bond acceptors (Lipinski definition) is 4. The average Bonchev–Trinajstić information content (AvgIpc) is 2.75. The third kappa shape index (κ3) is 5.33. The minimum absolute atomic E-state index is 0.183. The molecular weight excluding hydrogens is 258 g/mol. The van der Waals surface area contributed by atoms with Crippen LogP contribution in [0.3, 0.4) is 0 Å². The first-order chi connectivity index (χ1) is 8.70. The third-order valence-corrected chi connectivity index (χ3v) is 3.66. The summed E-state index contributed by atoms with van der Waals surface area (Å²) in [6.45, 7) is 11.8. The van der Waals surface area contributed by atoms with E-state index in [-0.39, 0.29) is 18.1 Å². The van der Waals surface area contributed by atoms with Crippen LogP contribution < -0.4 is 5.32 Å². The zero-order chi connectivity index (χ0) is 14.6. The van der Waals surface area contributed by atoms with Crippen LogP contribution in [0.15, 0.2) is 17.5 Å². The second-order valence-electron chi connectivity index (χ2n) is 6.16. The Balaban J connectivity index is 2.67. The van der Waals surface area contributed by atoms with Gasteiger partial charge in [0, 0.05) is 10.9 Å². The third-order valence-electron chi connectivity index (χ3n) is 2.71. The maximum absolute atomic E-state index is 12.0. The lowest BCUT2D eigenvalue weighted by atomic mass is 10.0. The molecule has 1 aromatic rings. The Morgan fingerprint density at radius 1 is 1.32 bits per heavy atom. The van der Waals surface area contributed by atoms with Crippen LogP contribution in [0.1, 0.15) is 52.5 Å². The molecule has 0 aromatic carbocycles. The zero-order valence-corrected chi connectivity index (χ0v) is 13.5. The fraction of sp³-hybridized carbons (Fsp3) is 0.667. The maximum Gasteiger partial charge on any atom is 0.323 e. The molecule has 0 aliphatic carbocycles. The Morgan fingerprint density at radius 3 is 2.37 bits per heavy atom. The molecule has 1 N–H and O–H groups in total. The highest BCUT2D eigenvalue weighted by atomic mass is 32.1. The molecule has 1 heterocycles. The Morgan fingerprint density at radius 2 is 1.95 bits per heavy atom. The van der Waals surface area contributed by atoms with E-state index in [1.54, 1.807) is 11.3 Å². The molecule has 108 valence electrons. The quantitative estimate of drug-likeness (QED) is 0.836. The molecule has 0 fully saturated rings. The van der Waals surface area contributed by atoms with Gasteiger partial charge in [-0.15, -0.1) is 11.3 Å². The maximum atomic E-state index is 12.0. The summed E-state index contributed by atoms with van der Waals surface area (Å²) < 4.78 is 5.40. The first-order valence-electron chi connectivity index (χ1n) is 6.73. The van der Waals surface area contributed by atoms with Crippen LogP contribution in [0.5, 0.6) is 0 Å². The molecule has 19 heavy (non-hydrogen) atoms. The summed E-state index contributed by atoms with van der Waals surface area (Å²) >= 11 is 1.71. The van der Waals surface area contributed by atoms with Gasteiger partial charge in [-0.3, -0.25) is 10.1 Å². The van der Waals surface area contributed by atoms with E-state index in [9.17, 15) is 4.79 Å². The van der Waals surface area contributed by atoms with Crippen molar-refractivity contribution in [3.8, 4) is 0 Å². The molecule has 4 heteroatoms. The topological polar surface area (TPSA) is 38.3 Å². The normalized spacial score (nSPS) is 15.3. The van der Waals surface area contributed by atoms with Crippen molar-refractivity contribution in [3.63, 3.8) is 0 Å². The van der Waals surface area contributed by atoms with E-state index in [0.29, 0.717) is 5.92 Å². The monoisotopic (exact) mass is 283 g/mol. The highest BCUT2D eigenvalue weighted by Crippen LogP contribution is 2.26. The van der Waals surface area contributed by atoms with Crippen molar-refractivity contribution in [2.45, 2.75) is 59.2 Å². The van der Waals surface area contributed by atoms with E-state index in [0.717, 1.165) is 0 Å². The zero-order valence-electron chi connectivity index (χ0n) is 12.7. The Hall–Kier alpha value is -0.870. The number of rotatable bonds is 5. The molecule has 0 spiro atoms. The first-order valence-corrected chi connectivity index (χ1v) is 7.61.